The van der Waals surface area contributed by atoms with Gasteiger partial charge in [-0.3, -0.25) is 0 Å². The number of nitrogens with zero attached hydrogens (tertiary/aromatic N) is 2. The zero-order valence-corrected chi connectivity index (χ0v) is 14.2. The molecule has 128 valence electrons. The van der Waals surface area contributed by atoms with Crippen LogP contribution in [0.5, 0.6) is 5.75 Å². The Morgan fingerprint density at radius 3 is 1.84 bits per heavy atom. The topological polar surface area (TPSA) is 35.0 Å². The van der Waals surface area contributed by atoms with Gasteiger partial charge in [0.2, 0.25) is 0 Å². The maximum absolute atomic E-state index is 14.3. The second kappa shape index (κ2) is 6.90. The summed E-state index contributed by atoms with van der Waals surface area (Å²) in [4.78, 5) is 0. The fourth-order valence-corrected chi connectivity index (χ4v) is 2.89. The van der Waals surface area contributed by atoms with Crippen molar-refractivity contribution in [3.63, 3.8) is 0 Å². The summed E-state index contributed by atoms with van der Waals surface area (Å²) in [5, 5.41) is 6.94. The van der Waals surface area contributed by atoms with Gasteiger partial charge in [-0.2, -0.15) is 0 Å². The highest BCUT2D eigenvalue weighted by Gasteiger charge is 2.24. The number of rotatable bonds is 3. The third kappa shape index (κ3) is 3.27. The van der Waals surface area contributed by atoms with Gasteiger partial charge in [0.25, 0.3) is 0 Å². The highest BCUT2D eigenvalue weighted by atomic mass is 35.5. The molecule has 0 saturated heterocycles. The summed E-state index contributed by atoms with van der Waals surface area (Å²) in [7, 11) is 1.50. The van der Waals surface area contributed by atoms with Crippen LogP contribution >= 0.6 is 23.2 Å². The van der Waals surface area contributed by atoms with Gasteiger partial charge in [-0.1, -0.05) is 35.3 Å². The van der Waals surface area contributed by atoms with E-state index in [0.29, 0.717) is 23.4 Å². The summed E-state index contributed by atoms with van der Waals surface area (Å²) in [6, 6.07) is 7.64. The summed E-state index contributed by atoms with van der Waals surface area (Å²) in [5.41, 5.74) is 0.0188. The molecule has 3 nitrogen and oxygen atoms in total. The van der Waals surface area contributed by atoms with Gasteiger partial charge < -0.3 is 4.74 Å². The smallest absolute Gasteiger partial charge is 0.160 e. The number of hydrogen-bond acceptors (Lipinski definition) is 3. The normalized spacial score (nSPS) is 10.8. The molecule has 0 unspecified atom stereocenters. The molecule has 0 N–H and O–H groups in total. The number of ether oxygens (including phenoxy) is 1. The SMILES string of the molecule is COc1ccc(-c2c(Cl)nnc(Cl)c2-c2c(F)cc(F)cc2F)cc1. The minimum atomic E-state index is -1.13. The fraction of sp³-hybridized carbons (Fsp3) is 0.0588. The molecule has 0 saturated carbocycles. The van der Waals surface area contributed by atoms with Gasteiger partial charge in [-0.15, -0.1) is 10.2 Å². The lowest BCUT2D eigenvalue weighted by Crippen LogP contribution is -2.00. The van der Waals surface area contributed by atoms with Crippen molar-refractivity contribution >= 4 is 23.2 Å². The van der Waals surface area contributed by atoms with Crippen molar-refractivity contribution < 1.29 is 17.9 Å². The molecule has 0 fully saturated rings. The molecule has 8 heteroatoms. The van der Waals surface area contributed by atoms with Crippen molar-refractivity contribution in [2.75, 3.05) is 7.11 Å². The van der Waals surface area contributed by atoms with E-state index in [1.165, 1.54) is 7.11 Å². The van der Waals surface area contributed by atoms with Crippen LogP contribution in [0.4, 0.5) is 13.2 Å². The molecule has 1 heterocycles. The van der Waals surface area contributed by atoms with E-state index in [2.05, 4.69) is 10.2 Å². The largest absolute Gasteiger partial charge is 0.497 e. The van der Waals surface area contributed by atoms with Crippen LogP contribution in [0.1, 0.15) is 0 Å². The third-order valence-corrected chi connectivity index (χ3v) is 4.05. The summed E-state index contributed by atoms with van der Waals surface area (Å²) >= 11 is 12.2. The van der Waals surface area contributed by atoms with Crippen LogP contribution in [0.25, 0.3) is 22.3 Å². The molecule has 0 aliphatic rings. The maximum Gasteiger partial charge on any atom is 0.160 e. The molecule has 0 spiro atoms. The molecule has 0 amide bonds. The molecule has 0 aliphatic heterocycles. The predicted octanol–water partition coefficient (Wildman–Crippen LogP) is 5.54. The highest BCUT2D eigenvalue weighted by Crippen LogP contribution is 2.42. The zero-order chi connectivity index (χ0) is 18.1. The van der Waals surface area contributed by atoms with Gasteiger partial charge in [-0.05, 0) is 17.7 Å². The van der Waals surface area contributed by atoms with E-state index < -0.39 is 23.0 Å². The van der Waals surface area contributed by atoms with Gasteiger partial charge in [0.1, 0.15) is 23.2 Å². The first-order valence-electron chi connectivity index (χ1n) is 6.93. The van der Waals surface area contributed by atoms with Gasteiger partial charge in [0.15, 0.2) is 10.3 Å². The second-order valence-electron chi connectivity index (χ2n) is 5.00. The maximum atomic E-state index is 14.3. The molecular weight excluding hydrogens is 376 g/mol. The van der Waals surface area contributed by atoms with Crippen LogP contribution < -0.4 is 4.74 Å². The lowest BCUT2D eigenvalue weighted by molar-refractivity contribution is 0.415. The molecule has 3 aromatic rings. The first-order valence-corrected chi connectivity index (χ1v) is 7.69. The average Bonchev–Trinajstić information content (AvgIpc) is 2.57. The second-order valence-corrected chi connectivity index (χ2v) is 5.72. The van der Waals surface area contributed by atoms with Gasteiger partial charge >= 0.3 is 0 Å². The van der Waals surface area contributed by atoms with Crippen molar-refractivity contribution in [1.82, 2.24) is 10.2 Å². The lowest BCUT2D eigenvalue weighted by atomic mass is 9.96. The molecular formula is C17H9Cl2F3N2O. The van der Waals surface area contributed by atoms with Crippen LogP contribution in [-0.4, -0.2) is 17.3 Å². The standard InChI is InChI=1S/C17H9Cl2F3N2O/c1-25-10-4-2-8(3-5-10)13-15(17(19)24-23-16(13)18)14-11(21)6-9(20)7-12(14)22/h2-7H,1H3. The quantitative estimate of drug-likeness (QED) is 0.594. The molecule has 0 bridgehead atoms. The molecule has 0 atom stereocenters. The number of methoxy groups -OCH3 is 1. The molecule has 2 aromatic carbocycles. The average molecular weight is 385 g/mol. The number of halogens is 5. The summed E-state index contributed by atoms with van der Waals surface area (Å²) in [5.74, 6) is -2.72. The number of aromatic nitrogens is 2. The Morgan fingerprint density at radius 2 is 1.32 bits per heavy atom. The van der Waals surface area contributed by atoms with Crippen molar-refractivity contribution in [2.24, 2.45) is 0 Å². The van der Waals surface area contributed by atoms with E-state index in [0.717, 1.165) is 0 Å². The summed E-state index contributed by atoms with van der Waals surface area (Å²) in [6.07, 6.45) is 0. The van der Waals surface area contributed by atoms with Crippen LogP contribution in [-0.2, 0) is 0 Å². The van der Waals surface area contributed by atoms with Crippen molar-refractivity contribution in [2.45, 2.75) is 0 Å². The van der Waals surface area contributed by atoms with E-state index in [4.69, 9.17) is 27.9 Å². The minimum absolute atomic E-state index is 0.104. The van der Waals surface area contributed by atoms with E-state index >= 15 is 0 Å². The Labute approximate surface area is 151 Å². The Hall–Kier alpha value is -2.31. The van der Waals surface area contributed by atoms with Gasteiger partial charge in [0.05, 0.1) is 12.7 Å². The molecule has 25 heavy (non-hydrogen) atoms. The Bertz CT molecular complexity index is 926. The van der Waals surface area contributed by atoms with E-state index in [1.54, 1.807) is 24.3 Å². The summed E-state index contributed by atoms with van der Waals surface area (Å²) < 4.78 is 46.9. The van der Waals surface area contributed by atoms with Crippen molar-refractivity contribution in [1.29, 1.82) is 0 Å². The lowest BCUT2D eigenvalue weighted by Gasteiger charge is -2.14. The van der Waals surface area contributed by atoms with Crippen LogP contribution in [0.2, 0.25) is 10.3 Å². The predicted molar refractivity (Wildman–Crippen MR) is 89.4 cm³/mol. The number of benzene rings is 2. The van der Waals surface area contributed by atoms with E-state index in [-0.39, 0.29) is 21.4 Å². The van der Waals surface area contributed by atoms with Gasteiger partial charge in [0, 0.05) is 23.3 Å². The zero-order valence-electron chi connectivity index (χ0n) is 12.7. The fourth-order valence-electron chi connectivity index (χ4n) is 2.42. The van der Waals surface area contributed by atoms with E-state index in [9.17, 15) is 13.2 Å². The Kier molecular flexibility index (Phi) is 4.83. The van der Waals surface area contributed by atoms with Crippen molar-refractivity contribution in [3.05, 3.63) is 64.2 Å². The molecule has 3 rings (SSSR count). The van der Waals surface area contributed by atoms with Crippen LogP contribution in [0.15, 0.2) is 36.4 Å². The first kappa shape index (κ1) is 17.5. The summed E-state index contributed by atoms with van der Waals surface area (Å²) in [6.45, 7) is 0. The van der Waals surface area contributed by atoms with Crippen LogP contribution in [0.3, 0.4) is 0 Å². The molecule has 0 aliphatic carbocycles. The molecule has 1 aromatic heterocycles. The monoisotopic (exact) mass is 384 g/mol. The highest BCUT2D eigenvalue weighted by molar-refractivity contribution is 6.36. The molecule has 0 radical (unpaired) electrons. The van der Waals surface area contributed by atoms with E-state index in [1.807, 2.05) is 0 Å². The Morgan fingerprint density at radius 1 is 0.800 bits per heavy atom. The minimum Gasteiger partial charge on any atom is -0.497 e. The van der Waals surface area contributed by atoms with Crippen molar-refractivity contribution in [3.8, 4) is 28.0 Å². The Balaban J connectivity index is 2.33. The first-order chi connectivity index (χ1) is 11.9. The third-order valence-electron chi connectivity index (χ3n) is 3.52. The number of hydrogen-bond donors (Lipinski definition) is 0. The van der Waals surface area contributed by atoms with Gasteiger partial charge in [-0.25, -0.2) is 13.2 Å². The van der Waals surface area contributed by atoms with Crippen LogP contribution in [0, 0.1) is 17.5 Å².